The highest BCUT2D eigenvalue weighted by atomic mass is 35.7. The molecular formula is C90H123Cl3N18O17S4. The lowest BCUT2D eigenvalue weighted by atomic mass is 10.1. The number of likely N-dealkylation sites (N-methyl/N-ethyl adjacent to an activating group) is 3. The summed E-state index contributed by atoms with van der Waals surface area (Å²) in [6.07, 6.45) is 11.4. The van der Waals surface area contributed by atoms with E-state index in [2.05, 4.69) is 97.2 Å². The van der Waals surface area contributed by atoms with E-state index in [1.54, 1.807) is 36.4 Å². The number of hydrogen-bond acceptors (Lipinski definition) is 24. The molecule has 15 rings (SSSR count). The molecule has 3 aliphatic rings. The van der Waals surface area contributed by atoms with Crippen molar-refractivity contribution >= 4 is 116 Å². The average molecular weight is 1960 g/mol. The molecule has 6 N–H and O–H groups in total. The van der Waals surface area contributed by atoms with Crippen molar-refractivity contribution in [2.24, 2.45) is 0 Å². The van der Waals surface area contributed by atoms with Gasteiger partial charge in [0.1, 0.15) is 68.9 Å². The fourth-order valence-electron chi connectivity index (χ4n) is 15.9. The number of fused-ring (bicyclic) bond motifs is 4. The molecule has 0 saturated carbocycles. The van der Waals surface area contributed by atoms with E-state index < -0.39 is 38.4 Å². The number of aromatic nitrogens is 12. The maximum atomic E-state index is 13.4. The van der Waals surface area contributed by atoms with Crippen LogP contribution in [-0.2, 0) is 64.6 Å². The Morgan fingerprint density at radius 2 is 0.621 bits per heavy atom. The first-order valence-corrected chi connectivity index (χ1v) is 51.8. The normalized spacial score (nSPS) is 14.3. The van der Waals surface area contributed by atoms with E-state index in [9.17, 15) is 44.4 Å². The Morgan fingerprint density at radius 1 is 0.364 bits per heavy atom. The van der Waals surface area contributed by atoms with Crippen molar-refractivity contribution in [1.29, 1.82) is 0 Å². The molecule has 0 radical (unpaired) electrons. The Kier molecular flexibility index (Phi) is 38.4. The van der Waals surface area contributed by atoms with E-state index in [0.29, 0.717) is 175 Å². The monoisotopic (exact) mass is 1960 g/mol. The molecule has 12 aromatic rings. The molecule has 3 saturated heterocycles. The van der Waals surface area contributed by atoms with Gasteiger partial charge in [0, 0.05) is 151 Å². The first kappa shape index (κ1) is 106. The predicted octanol–water partition coefficient (Wildman–Crippen LogP) is 13.0. The largest absolute Gasteiger partial charge is 0.493 e. The molecular weight excluding hydrogens is 1840 g/mol. The summed E-state index contributed by atoms with van der Waals surface area (Å²) in [4.78, 5) is 88.5. The number of aryl methyl sites for hydroxylation is 8. The molecule has 0 aliphatic carbocycles. The van der Waals surface area contributed by atoms with E-state index >= 15 is 0 Å². The van der Waals surface area contributed by atoms with Crippen molar-refractivity contribution in [3.8, 4) is 68.5 Å². The molecule has 132 heavy (non-hydrogen) atoms. The Labute approximate surface area is 785 Å². The Bertz CT molecular complexity index is 6500. The SMILES string of the molecule is CCCn1cc(C)c2c(=O)[nH]c(-c3cc(S(=O)(=O)Cl)ccc3OCC)nc21.CCCn1cc(C)c2c(=O)[nH]c(-c3cc(S(=O)(=O)N4CCN(CC)CC4)ccc3OCC)nc21.CCCn1cc(C)c2c(=O)[nH]c(-c3cc(S(=O)(=O)N4CCN(CC)CC4)ccc3OCC)nc21.CCCn1cc(C)c2c(=O)[nH]c(-c3ccccc3OCC)nc21.CCN1CCNCC1.Cl.O=S(=O)(O)Cl. The second kappa shape index (κ2) is 47.9. The minimum Gasteiger partial charge on any atom is -0.493 e. The van der Waals surface area contributed by atoms with Crippen LogP contribution in [-0.4, -0.2) is 244 Å². The second-order valence-corrected chi connectivity index (χ2v) is 39.8. The van der Waals surface area contributed by atoms with Gasteiger partial charge in [-0.15, -0.1) is 12.4 Å². The van der Waals surface area contributed by atoms with Gasteiger partial charge in [-0.25, -0.2) is 45.2 Å². The summed E-state index contributed by atoms with van der Waals surface area (Å²) >= 11 is 0. The van der Waals surface area contributed by atoms with Gasteiger partial charge in [-0.05, 0) is 190 Å². The van der Waals surface area contributed by atoms with Crippen molar-refractivity contribution in [3.05, 3.63) is 167 Å². The number of rotatable bonds is 28. The van der Waals surface area contributed by atoms with E-state index in [1.807, 2.05) is 130 Å². The van der Waals surface area contributed by atoms with E-state index in [1.165, 1.54) is 59.5 Å². The van der Waals surface area contributed by atoms with Gasteiger partial charge in [-0.2, -0.15) is 17.0 Å². The first-order chi connectivity index (χ1) is 62.4. The number of para-hydroxylation sites is 1. The standard InChI is InChI=1S/2C24H33N5O4S.C18H20ClN3O4S.C18H21N3O2.C6H14N2.ClHO3S.ClH/c2*1-5-10-28-16-17(4)21-23(28)25-22(26-24(21)30)19-15-18(8-9-20(19)33-7-3)34(31,32)29-13-11-27(6-2)12-14-29;1-4-8-22-10-11(3)15-17(22)20-16(21-18(15)23)13-9-12(27(19,24)25)6-7-14(13)26-5-2;1-4-10-21-11-12(3)15-17(21)19-16(20-18(15)22)13-8-6-7-9-14(13)23-5-2;1-2-8-5-3-7-4-6-8;1-5(2,3)4;/h2*8-9,15-16H,5-7,10-14H2,1-4H3,(H,25,26,30);6-7,9-10H,4-5,8H2,1-3H3,(H,20,21,23);6-9,11H,4-5,10H2,1-3H3,(H,19,20,22);7H,2-6H2,1H3;(H,2,3,4);1H. The molecule has 0 bridgehead atoms. The molecule has 3 aliphatic heterocycles. The van der Waals surface area contributed by atoms with Crippen LogP contribution < -0.4 is 46.5 Å². The Morgan fingerprint density at radius 3 is 0.886 bits per heavy atom. The third-order valence-electron chi connectivity index (χ3n) is 22.3. The molecule has 11 heterocycles. The highest BCUT2D eigenvalue weighted by Gasteiger charge is 2.33. The van der Waals surface area contributed by atoms with Crippen LogP contribution in [0.3, 0.4) is 0 Å². The third-order valence-corrected chi connectivity index (χ3v) is 27.4. The van der Waals surface area contributed by atoms with Crippen LogP contribution in [0.2, 0.25) is 0 Å². The Balaban J connectivity index is 0.000000190. The van der Waals surface area contributed by atoms with Crippen molar-refractivity contribution in [2.75, 3.05) is 125 Å². The first-order valence-electron chi connectivity index (χ1n) is 44.4. The molecule has 0 unspecified atom stereocenters. The minimum atomic E-state index is -4.19. The van der Waals surface area contributed by atoms with Crippen LogP contribution >= 0.6 is 33.8 Å². The van der Waals surface area contributed by atoms with Crippen molar-refractivity contribution in [1.82, 2.24) is 86.8 Å². The van der Waals surface area contributed by atoms with Crippen LogP contribution in [0.5, 0.6) is 23.0 Å². The summed E-state index contributed by atoms with van der Waals surface area (Å²) in [5, 5.41) is 5.59. The minimum absolute atomic E-state index is 0. The number of halogens is 3. The molecule has 4 aromatic carbocycles. The van der Waals surface area contributed by atoms with Gasteiger partial charge >= 0.3 is 9.33 Å². The third kappa shape index (κ3) is 26.0. The topological polar surface area (TPSA) is 425 Å². The summed E-state index contributed by atoms with van der Waals surface area (Å²) in [6.45, 7) is 46.9. The number of benzene rings is 4. The van der Waals surface area contributed by atoms with E-state index in [4.69, 9.17) is 57.6 Å². The molecule has 3 fully saturated rings. The summed E-state index contributed by atoms with van der Waals surface area (Å²) < 4.78 is 136. The van der Waals surface area contributed by atoms with Crippen molar-refractivity contribution in [2.45, 2.75) is 170 Å². The summed E-state index contributed by atoms with van der Waals surface area (Å²) in [7, 11) is -5.99. The van der Waals surface area contributed by atoms with Gasteiger partial charge in [-0.1, -0.05) is 60.6 Å². The average Bonchev–Trinajstić information content (AvgIpc) is 1.49. The van der Waals surface area contributed by atoms with Crippen LogP contribution in [0.4, 0.5) is 0 Å². The summed E-state index contributed by atoms with van der Waals surface area (Å²) in [5.74, 6) is 3.46. The fourth-order valence-corrected chi connectivity index (χ4v) is 19.6. The molecule has 8 aromatic heterocycles. The molecule has 42 heteroatoms. The van der Waals surface area contributed by atoms with Gasteiger partial charge in [0.25, 0.3) is 31.3 Å². The van der Waals surface area contributed by atoms with Gasteiger partial charge in [0.05, 0.1) is 84.9 Å². The number of H-pyrrole nitrogens is 4. The summed E-state index contributed by atoms with van der Waals surface area (Å²) in [5.41, 5.74) is 7.13. The zero-order valence-electron chi connectivity index (χ0n) is 77.5. The van der Waals surface area contributed by atoms with E-state index in [0.717, 1.165) is 97.6 Å². The molecule has 0 atom stereocenters. The van der Waals surface area contributed by atoms with Gasteiger partial charge in [-0.3, -0.25) is 23.7 Å². The number of hydrogen-bond donors (Lipinski definition) is 6. The quantitative estimate of drug-likeness (QED) is 0.0196. The van der Waals surface area contributed by atoms with Crippen LogP contribution in [0.25, 0.3) is 89.7 Å². The maximum Gasteiger partial charge on any atom is 0.353 e. The van der Waals surface area contributed by atoms with Crippen molar-refractivity contribution < 1.29 is 57.2 Å². The highest BCUT2D eigenvalue weighted by molar-refractivity contribution is 8.13. The Hall–Kier alpha value is -9.85. The fraction of sp³-hybridized carbons (Fsp3) is 0.467. The highest BCUT2D eigenvalue weighted by Crippen LogP contribution is 2.37. The van der Waals surface area contributed by atoms with Gasteiger partial charge in [0.2, 0.25) is 20.0 Å². The number of nitrogens with one attached hydrogen (secondary N) is 5. The predicted molar refractivity (Wildman–Crippen MR) is 522 cm³/mol. The zero-order valence-corrected chi connectivity index (χ0v) is 83.1. The zero-order chi connectivity index (χ0) is 95.4. The van der Waals surface area contributed by atoms with Crippen LogP contribution in [0.15, 0.2) is 138 Å². The molecule has 0 spiro atoms. The lowest BCUT2D eigenvalue weighted by Gasteiger charge is -2.33. The smallest absolute Gasteiger partial charge is 0.353 e. The summed E-state index contributed by atoms with van der Waals surface area (Å²) in [6, 6.07) is 21.4. The number of piperazine rings is 3. The van der Waals surface area contributed by atoms with E-state index in [-0.39, 0.29) is 55.2 Å². The molecule has 720 valence electrons. The van der Waals surface area contributed by atoms with Gasteiger partial charge < -0.3 is 77.2 Å². The molecule has 0 amide bonds. The lowest BCUT2D eigenvalue weighted by Crippen LogP contribution is -2.48. The number of ether oxygens (including phenoxy) is 4. The number of sulfonamides is 2. The lowest BCUT2D eigenvalue weighted by molar-refractivity contribution is 0.196. The molecule has 35 nitrogen and oxygen atoms in total. The maximum absolute atomic E-state index is 13.4. The number of nitrogens with zero attached hydrogens (tertiary/aromatic N) is 13. The van der Waals surface area contributed by atoms with Crippen LogP contribution in [0, 0.1) is 27.7 Å². The second-order valence-electron chi connectivity index (χ2n) is 31.4. The van der Waals surface area contributed by atoms with Crippen LogP contribution in [0.1, 0.15) is 124 Å². The van der Waals surface area contributed by atoms with Crippen molar-refractivity contribution in [3.63, 3.8) is 0 Å². The van der Waals surface area contributed by atoms with Gasteiger partial charge in [0.15, 0.2) is 0 Å². The number of aromatic amines is 4.